The average Bonchev–Trinajstić information content (AvgIpc) is 3.08. The number of hydrogen-bond acceptors (Lipinski definition) is 7. The van der Waals surface area contributed by atoms with Gasteiger partial charge in [-0.15, -0.1) is 0 Å². The predicted octanol–water partition coefficient (Wildman–Crippen LogP) is 3.17. The van der Waals surface area contributed by atoms with Gasteiger partial charge in [0.1, 0.15) is 0 Å². The molecule has 3 amide bonds. The molecule has 2 aromatic rings. The SMILES string of the molecule is C[C@H](NC[C@H](O)[C@H](Cc1ccccc1)NC(=O)c1cc(N2CCOCC2)cc(N2CCCCC2=O)c1)C(=O)NC1CCCCC1. The highest BCUT2D eigenvalue weighted by Gasteiger charge is 2.27. The fourth-order valence-corrected chi connectivity index (χ4v) is 6.47. The Bertz CT molecular complexity index is 1280. The monoisotopic (exact) mass is 619 g/mol. The molecule has 10 nitrogen and oxygen atoms in total. The van der Waals surface area contributed by atoms with Gasteiger partial charge in [-0.2, -0.15) is 0 Å². The first-order valence-electron chi connectivity index (χ1n) is 16.7. The molecule has 45 heavy (non-hydrogen) atoms. The van der Waals surface area contributed by atoms with Gasteiger partial charge in [-0.05, 0) is 62.8 Å². The fraction of sp³-hybridized carbons (Fsp3) is 0.571. The number of nitrogens with one attached hydrogen (secondary N) is 3. The van der Waals surface area contributed by atoms with Crippen molar-refractivity contribution in [3.05, 3.63) is 59.7 Å². The highest BCUT2D eigenvalue weighted by Crippen LogP contribution is 2.29. The minimum Gasteiger partial charge on any atom is -0.390 e. The van der Waals surface area contributed by atoms with Gasteiger partial charge in [-0.1, -0.05) is 49.6 Å². The third-order valence-corrected chi connectivity index (χ3v) is 9.23. The molecule has 1 aliphatic carbocycles. The summed E-state index contributed by atoms with van der Waals surface area (Å²) in [6, 6.07) is 14.5. The molecule has 10 heteroatoms. The lowest BCUT2D eigenvalue weighted by Gasteiger charge is -2.32. The third-order valence-electron chi connectivity index (χ3n) is 9.23. The fourth-order valence-electron chi connectivity index (χ4n) is 6.47. The van der Waals surface area contributed by atoms with Crippen molar-refractivity contribution >= 4 is 29.1 Å². The van der Waals surface area contributed by atoms with Crippen LogP contribution in [0, 0.1) is 0 Å². The van der Waals surface area contributed by atoms with Crippen LogP contribution in [0.4, 0.5) is 11.4 Å². The first kappa shape index (κ1) is 32.9. The molecule has 1 saturated carbocycles. The van der Waals surface area contributed by atoms with Crippen LogP contribution in [0.15, 0.2) is 48.5 Å². The molecule has 3 fully saturated rings. The largest absolute Gasteiger partial charge is 0.390 e. The van der Waals surface area contributed by atoms with Crippen molar-refractivity contribution in [2.45, 2.75) is 88.9 Å². The van der Waals surface area contributed by atoms with E-state index in [-0.39, 0.29) is 30.3 Å². The molecular formula is C35H49N5O5. The Morgan fingerprint density at radius 3 is 2.42 bits per heavy atom. The number of aliphatic hydroxyl groups excluding tert-OH is 1. The smallest absolute Gasteiger partial charge is 0.251 e. The Morgan fingerprint density at radius 1 is 0.956 bits per heavy atom. The zero-order chi connectivity index (χ0) is 31.6. The maximum Gasteiger partial charge on any atom is 0.251 e. The van der Waals surface area contributed by atoms with Gasteiger partial charge >= 0.3 is 0 Å². The maximum atomic E-state index is 13.9. The lowest BCUT2D eigenvalue weighted by Crippen LogP contribution is -2.53. The maximum absolute atomic E-state index is 13.9. The second kappa shape index (κ2) is 16.2. The molecule has 2 heterocycles. The summed E-state index contributed by atoms with van der Waals surface area (Å²) in [4.78, 5) is 43.6. The molecule has 0 aromatic heterocycles. The van der Waals surface area contributed by atoms with Crippen molar-refractivity contribution in [1.82, 2.24) is 16.0 Å². The predicted molar refractivity (Wildman–Crippen MR) is 176 cm³/mol. The van der Waals surface area contributed by atoms with Crippen LogP contribution in [0.3, 0.4) is 0 Å². The van der Waals surface area contributed by atoms with E-state index in [1.807, 2.05) is 42.5 Å². The Kier molecular flexibility index (Phi) is 11.8. The van der Waals surface area contributed by atoms with Crippen LogP contribution in [0.1, 0.15) is 74.2 Å². The number of nitrogens with zero attached hydrogens (tertiary/aromatic N) is 2. The normalized spacial score (nSPS) is 19.9. The Balaban J connectivity index is 1.31. The van der Waals surface area contributed by atoms with Crippen LogP contribution < -0.4 is 25.8 Å². The highest BCUT2D eigenvalue weighted by atomic mass is 16.5. The number of benzene rings is 2. The third kappa shape index (κ3) is 9.28. The zero-order valence-electron chi connectivity index (χ0n) is 26.5. The Labute approximate surface area is 266 Å². The van der Waals surface area contributed by atoms with Crippen LogP contribution in [0.25, 0.3) is 0 Å². The van der Waals surface area contributed by atoms with Gasteiger partial charge in [0.05, 0.1) is 31.4 Å². The summed E-state index contributed by atoms with van der Waals surface area (Å²) in [5.41, 5.74) is 3.00. The molecule has 3 aliphatic rings. The molecule has 4 N–H and O–H groups in total. The van der Waals surface area contributed by atoms with Crippen molar-refractivity contribution in [2.24, 2.45) is 0 Å². The number of piperidine rings is 1. The summed E-state index contributed by atoms with van der Waals surface area (Å²) in [5.74, 6) is -0.326. The summed E-state index contributed by atoms with van der Waals surface area (Å²) >= 11 is 0. The van der Waals surface area contributed by atoms with Gasteiger partial charge in [0.2, 0.25) is 11.8 Å². The molecule has 2 aromatic carbocycles. The molecule has 3 atom stereocenters. The standard InChI is InChI=1S/C35H49N5O5/c1-25(34(43)37-28-12-6-3-7-13-28)36-24-32(41)31(20-26-10-4-2-5-11-26)38-35(44)27-21-29(39-16-18-45-19-17-39)23-30(22-27)40-15-9-8-14-33(40)42/h2,4-5,10-11,21-23,25,28,31-32,36,41H,3,6-9,12-20,24H2,1H3,(H,37,43)(H,38,44)/t25-,31-,32-/m0/s1. The van der Waals surface area contributed by atoms with Gasteiger partial charge in [0, 0.05) is 55.6 Å². The minimum atomic E-state index is -0.954. The van der Waals surface area contributed by atoms with E-state index >= 15 is 0 Å². The van der Waals surface area contributed by atoms with E-state index in [4.69, 9.17) is 4.74 Å². The van der Waals surface area contributed by atoms with Crippen LogP contribution in [-0.2, 0) is 20.7 Å². The molecular weight excluding hydrogens is 570 g/mol. The van der Waals surface area contributed by atoms with E-state index in [9.17, 15) is 19.5 Å². The lowest BCUT2D eigenvalue weighted by molar-refractivity contribution is -0.123. The van der Waals surface area contributed by atoms with E-state index in [1.165, 1.54) is 6.42 Å². The second-order valence-electron chi connectivity index (χ2n) is 12.7. The van der Waals surface area contributed by atoms with Crippen LogP contribution >= 0.6 is 0 Å². The van der Waals surface area contributed by atoms with Crippen molar-refractivity contribution < 1.29 is 24.2 Å². The second-order valence-corrected chi connectivity index (χ2v) is 12.7. The van der Waals surface area contributed by atoms with Crippen LogP contribution in [0.2, 0.25) is 0 Å². The molecule has 5 rings (SSSR count). The van der Waals surface area contributed by atoms with Crippen LogP contribution in [-0.4, -0.2) is 86.5 Å². The number of amides is 3. The number of ether oxygens (including phenoxy) is 1. The van der Waals surface area contributed by atoms with E-state index in [0.717, 1.165) is 49.8 Å². The van der Waals surface area contributed by atoms with Gasteiger partial charge < -0.3 is 35.6 Å². The first-order valence-corrected chi connectivity index (χ1v) is 16.7. The van der Waals surface area contributed by atoms with Gasteiger partial charge in [0.15, 0.2) is 0 Å². The minimum absolute atomic E-state index is 0.0665. The van der Waals surface area contributed by atoms with Gasteiger partial charge in [-0.25, -0.2) is 0 Å². The number of rotatable bonds is 12. The first-order chi connectivity index (χ1) is 21.9. The topological polar surface area (TPSA) is 123 Å². The summed E-state index contributed by atoms with van der Waals surface area (Å²) < 4.78 is 5.55. The number of hydrogen-bond donors (Lipinski definition) is 4. The average molecular weight is 620 g/mol. The summed E-state index contributed by atoms with van der Waals surface area (Å²) in [6.45, 7) is 5.17. The van der Waals surface area contributed by atoms with Crippen molar-refractivity contribution in [1.29, 1.82) is 0 Å². The van der Waals surface area contributed by atoms with E-state index in [2.05, 4.69) is 20.9 Å². The number of anilines is 2. The van der Waals surface area contributed by atoms with Crippen molar-refractivity contribution in [3.63, 3.8) is 0 Å². The molecule has 0 radical (unpaired) electrons. The summed E-state index contributed by atoms with van der Waals surface area (Å²) in [5, 5.41) is 20.8. The lowest BCUT2D eigenvalue weighted by atomic mass is 9.95. The van der Waals surface area contributed by atoms with Crippen LogP contribution in [0.5, 0.6) is 0 Å². The highest BCUT2D eigenvalue weighted by molar-refractivity contribution is 6.00. The molecule has 0 bridgehead atoms. The molecule has 0 spiro atoms. The van der Waals surface area contributed by atoms with Crippen molar-refractivity contribution in [3.8, 4) is 0 Å². The van der Waals surface area contributed by atoms with Crippen molar-refractivity contribution in [2.75, 3.05) is 49.2 Å². The number of carbonyl (C=O) groups is 3. The number of morpholine rings is 1. The quantitative estimate of drug-likeness (QED) is 0.288. The summed E-state index contributed by atoms with van der Waals surface area (Å²) in [6.07, 6.45) is 7.26. The molecule has 0 unspecified atom stereocenters. The van der Waals surface area contributed by atoms with Gasteiger partial charge in [0.25, 0.3) is 5.91 Å². The Morgan fingerprint density at radius 2 is 1.69 bits per heavy atom. The van der Waals surface area contributed by atoms with E-state index in [0.29, 0.717) is 56.9 Å². The molecule has 2 aliphatic heterocycles. The van der Waals surface area contributed by atoms with E-state index < -0.39 is 18.2 Å². The van der Waals surface area contributed by atoms with E-state index in [1.54, 1.807) is 17.9 Å². The molecule has 2 saturated heterocycles. The number of aliphatic hydroxyl groups is 1. The number of carbonyl (C=O) groups excluding carboxylic acids is 3. The Hall–Kier alpha value is -3.47. The van der Waals surface area contributed by atoms with Gasteiger partial charge in [-0.3, -0.25) is 14.4 Å². The zero-order valence-corrected chi connectivity index (χ0v) is 26.5. The summed E-state index contributed by atoms with van der Waals surface area (Å²) in [7, 11) is 0. The molecule has 244 valence electrons.